The second kappa shape index (κ2) is 8.02. The summed E-state index contributed by atoms with van der Waals surface area (Å²) in [5.41, 5.74) is 2.52. The molecule has 1 aromatic carbocycles. The van der Waals surface area contributed by atoms with Crippen molar-refractivity contribution >= 4 is 16.8 Å². The van der Waals surface area contributed by atoms with Crippen molar-refractivity contribution in [1.82, 2.24) is 14.5 Å². The van der Waals surface area contributed by atoms with Gasteiger partial charge in [0.25, 0.3) is 5.91 Å². The highest BCUT2D eigenvalue weighted by Crippen LogP contribution is 2.25. The quantitative estimate of drug-likeness (QED) is 0.659. The first-order chi connectivity index (χ1) is 13.7. The van der Waals surface area contributed by atoms with E-state index in [2.05, 4.69) is 4.98 Å². The number of rotatable bonds is 6. The summed E-state index contributed by atoms with van der Waals surface area (Å²) in [4.78, 5) is 19.7. The van der Waals surface area contributed by atoms with Crippen molar-refractivity contribution in [3.8, 4) is 5.75 Å². The number of fused-ring (bicyclic) bond motifs is 1. The molecule has 28 heavy (non-hydrogen) atoms. The molecule has 6 nitrogen and oxygen atoms in total. The van der Waals surface area contributed by atoms with Gasteiger partial charge in [-0.15, -0.1) is 0 Å². The molecule has 1 fully saturated rings. The van der Waals surface area contributed by atoms with Crippen LogP contribution in [0, 0.1) is 0 Å². The van der Waals surface area contributed by atoms with Crippen molar-refractivity contribution < 1.29 is 14.3 Å². The number of pyridine rings is 1. The molecule has 0 aliphatic carbocycles. The predicted octanol–water partition coefficient (Wildman–Crippen LogP) is 3.40. The molecule has 0 spiro atoms. The van der Waals surface area contributed by atoms with Gasteiger partial charge in [0.1, 0.15) is 11.4 Å². The number of aryl methyl sites for hydroxylation is 1. The molecule has 4 rings (SSSR count). The van der Waals surface area contributed by atoms with E-state index in [0.29, 0.717) is 18.8 Å². The summed E-state index contributed by atoms with van der Waals surface area (Å²) >= 11 is 0. The summed E-state index contributed by atoms with van der Waals surface area (Å²) in [7, 11) is 3.57. The van der Waals surface area contributed by atoms with E-state index in [9.17, 15) is 4.79 Å². The lowest BCUT2D eigenvalue weighted by atomic mass is 10.2. The maximum atomic E-state index is 13.5. The second-order valence-corrected chi connectivity index (χ2v) is 7.16. The smallest absolute Gasteiger partial charge is 0.270 e. The highest BCUT2D eigenvalue weighted by atomic mass is 16.5. The number of nitrogens with zero attached hydrogens (tertiary/aromatic N) is 3. The van der Waals surface area contributed by atoms with E-state index in [1.54, 1.807) is 13.3 Å². The molecule has 0 bridgehead atoms. The van der Waals surface area contributed by atoms with Crippen LogP contribution in [0.5, 0.6) is 5.75 Å². The number of ether oxygens (including phenoxy) is 2. The van der Waals surface area contributed by atoms with Crippen LogP contribution in [0.3, 0.4) is 0 Å². The fraction of sp³-hybridized carbons (Fsp3) is 0.364. The van der Waals surface area contributed by atoms with E-state index >= 15 is 0 Å². The van der Waals surface area contributed by atoms with E-state index in [1.165, 1.54) is 0 Å². The summed E-state index contributed by atoms with van der Waals surface area (Å²) in [5.74, 6) is 0.764. The number of benzene rings is 1. The van der Waals surface area contributed by atoms with Gasteiger partial charge in [-0.25, -0.2) is 0 Å². The lowest BCUT2D eigenvalue weighted by Gasteiger charge is -2.25. The molecule has 1 aliphatic heterocycles. The molecule has 0 radical (unpaired) electrons. The van der Waals surface area contributed by atoms with Crippen LogP contribution in [-0.2, 0) is 18.3 Å². The van der Waals surface area contributed by atoms with E-state index in [4.69, 9.17) is 9.47 Å². The number of amides is 1. The summed E-state index contributed by atoms with van der Waals surface area (Å²) in [6, 6.07) is 13.6. The summed E-state index contributed by atoms with van der Waals surface area (Å²) in [5, 5.41) is 0.986. The number of hydrogen-bond acceptors (Lipinski definition) is 4. The number of hydrogen-bond donors (Lipinski definition) is 0. The third kappa shape index (κ3) is 3.73. The molecule has 1 saturated heterocycles. The van der Waals surface area contributed by atoms with Crippen LogP contribution in [0.1, 0.15) is 29.0 Å². The second-order valence-electron chi connectivity index (χ2n) is 7.16. The van der Waals surface area contributed by atoms with E-state index in [1.807, 2.05) is 59.0 Å². The van der Waals surface area contributed by atoms with Gasteiger partial charge in [0.05, 0.1) is 25.5 Å². The zero-order chi connectivity index (χ0) is 19.5. The monoisotopic (exact) mass is 379 g/mol. The van der Waals surface area contributed by atoms with Gasteiger partial charge in [-0.1, -0.05) is 6.07 Å². The van der Waals surface area contributed by atoms with Crippen molar-refractivity contribution in [3.63, 3.8) is 0 Å². The molecule has 6 heteroatoms. The normalized spacial score (nSPS) is 16.4. The maximum Gasteiger partial charge on any atom is 0.270 e. The van der Waals surface area contributed by atoms with Gasteiger partial charge in [-0.2, -0.15) is 0 Å². The van der Waals surface area contributed by atoms with Crippen molar-refractivity contribution in [2.75, 3.05) is 20.3 Å². The van der Waals surface area contributed by atoms with E-state index < -0.39 is 0 Å². The SMILES string of the molecule is COc1ccc2c(c1)cc(C(=O)N(Cc1ccccn1)C[C@@H]1CCCO1)n2C. The molecule has 1 atom stereocenters. The molecule has 3 heterocycles. The van der Waals surface area contributed by atoms with Crippen molar-refractivity contribution in [2.45, 2.75) is 25.5 Å². The summed E-state index contributed by atoms with van der Waals surface area (Å²) < 4.78 is 13.0. The lowest BCUT2D eigenvalue weighted by molar-refractivity contribution is 0.0497. The number of carbonyl (C=O) groups is 1. The first-order valence-corrected chi connectivity index (χ1v) is 9.60. The molecule has 146 valence electrons. The fourth-order valence-electron chi connectivity index (χ4n) is 3.76. The minimum absolute atomic E-state index is 0.0150. The molecule has 0 saturated carbocycles. The van der Waals surface area contributed by atoms with Crippen molar-refractivity contribution in [2.24, 2.45) is 7.05 Å². The Kier molecular flexibility index (Phi) is 5.30. The van der Waals surface area contributed by atoms with Crippen LogP contribution in [0.2, 0.25) is 0 Å². The van der Waals surface area contributed by atoms with Crippen molar-refractivity contribution in [1.29, 1.82) is 0 Å². The Morgan fingerprint density at radius 3 is 2.93 bits per heavy atom. The average molecular weight is 379 g/mol. The van der Waals surface area contributed by atoms with Gasteiger partial charge >= 0.3 is 0 Å². The average Bonchev–Trinajstić information content (AvgIpc) is 3.35. The Balaban J connectivity index is 1.65. The molecule has 1 amide bonds. The molecule has 2 aromatic heterocycles. The number of methoxy groups -OCH3 is 1. The lowest BCUT2D eigenvalue weighted by Crippen LogP contribution is -2.38. The third-order valence-corrected chi connectivity index (χ3v) is 5.28. The number of aromatic nitrogens is 2. The van der Waals surface area contributed by atoms with Crippen LogP contribution in [0.4, 0.5) is 0 Å². The Morgan fingerprint density at radius 2 is 2.21 bits per heavy atom. The molecule has 0 unspecified atom stereocenters. The Morgan fingerprint density at radius 1 is 1.32 bits per heavy atom. The maximum absolute atomic E-state index is 13.5. The van der Waals surface area contributed by atoms with Crippen LogP contribution >= 0.6 is 0 Å². The van der Waals surface area contributed by atoms with Crippen LogP contribution in [0.25, 0.3) is 10.9 Å². The molecule has 0 N–H and O–H groups in total. The third-order valence-electron chi connectivity index (χ3n) is 5.28. The summed E-state index contributed by atoms with van der Waals surface area (Å²) in [6.07, 6.45) is 3.87. The highest BCUT2D eigenvalue weighted by molar-refractivity contribution is 5.99. The standard InChI is InChI=1S/C22H25N3O3/c1-24-20-9-8-18(27-2)12-16(20)13-21(24)22(26)25(15-19-7-5-11-28-19)14-17-6-3-4-10-23-17/h3-4,6,8-10,12-13,19H,5,7,11,14-15H2,1-2H3/t19-/m0/s1. The fourth-order valence-corrected chi connectivity index (χ4v) is 3.76. The minimum Gasteiger partial charge on any atom is -0.497 e. The molecular weight excluding hydrogens is 354 g/mol. The molecule has 1 aliphatic rings. The van der Waals surface area contributed by atoms with Crippen LogP contribution in [-0.4, -0.2) is 46.7 Å². The highest BCUT2D eigenvalue weighted by Gasteiger charge is 2.26. The zero-order valence-corrected chi connectivity index (χ0v) is 16.3. The van der Waals surface area contributed by atoms with Gasteiger partial charge in [0.2, 0.25) is 0 Å². The van der Waals surface area contributed by atoms with E-state index in [-0.39, 0.29) is 12.0 Å². The van der Waals surface area contributed by atoms with Gasteiger partial charge in [0.15, 0.2) is 0 Å². The van der Waals surface area contributed by atoms with Crippen LogP contribution in [0.15, 0.2) is 48.7 Å². The first-order valence-electron chi connectivity index (χ1n) is 9.60. The van der Waals surface area contributed by atoms with Gasteiger partial charge in [-0.05, 0) is 49.2 Å². The van der Waals surface area contributed by atoms with Crippen LogP contribution < -0.4 is 4.74 Å². The van der Waals surface area contributed by atoms with E-state index in [0.717, 1.165) is 41.8 Å². The van der Waals surface area contributed by atoms with Gasteiger partial charge < -0.3 is 18.9 Å². The largest absolute Gasteiger partial charge is 0.497 e. The van der Waals surface area contributed by atoms with Gasteiger partial charge in [-0.3, -0.25) is 9.78 Å². The Labute approximate surface area is 164 Å². The van der Waals surface area contributed by atoms with Gasteiger partial charge in [0, 0.05) is 37.3 Å². The number of carbonyl (C=O) groups excluding carboxylic acids is 1. The first kappa shape index (κ1) is 18.5. The zero-order valence-electron chi connectivity index (χ0n) is 16.3. The predicted molar refractivity (Wildman–Crippen MR) is 107 cm³/mol. The topological polar surface area (TPSA) is 56.6 Å². The Hall–Kier alpha value is -2.86. The minimum atomic E-state index is -0.0150. The molecular formula is C22H25N3O3. The summed E-state index contributed by atoms with van der Waals surface area (Å²) in [6.45, 7) is 1.80. The van der Waals surface area contributed by atoms with Crippen molar-refractivity contribution in [3.05, 3.63) is 60.0 Å². The molecule has 3 aromatic rings. The Bertz CT molecular complexity index is 962.